The number of aliphatic hydroxyl groups excluding tert-OH is 5. The minimum atomic E-state index is -1.58. The van der Waals surface area contributed by atoms with Crippen molar-refractivity contribution >= 4 is 5.91 Å². The second-order valence-electron chi connectivity index (χ2n) is 21.8. The Balaban J connectivity index is 2.08. The topological polar surface area (TPSA) is 149 Å². The first kappa shape index (κ1) is 72.1. The normalized spacial score (nSPS) is 19.4. The van der Waals surface area contributed by atoms with E-state index in [1.54, 1.807) is 6.08 Å². The summed E-state index contributed by atoms with van der Waals surface area (Å²) in [5.41, 5.74) is 0. The van der Waals surface area contributed by atoms with Crippen molar-refractivity contribution in [1.82, 2.24) is 5.32 Å². The Labute approximate surface area is 473 Å². The standard InChI is InChI=1S/C68H119NO8/c1-3-5-7-9-11-13-15-17-19-20-21-22-23-24-25-26-27-28-29-30-31-32-33-34-35-36-37-38-39-40-41-42-44-46-48-50-52-54-56-58-64(72)69-61(60-76-68-67(75)66(74)65(73)63(59-70)77-68)62(71)57-55-53-51-49-47-45-43-18-16-14-12-10-8-6-4-2/h5,7,11,13,16-19,21-22,24-25,47,49,55,57,61-63,65-68,70-71,73-75H,3-4,6,8-10,12,14-15,20,23,26-46,48,50-54,56,58-60H2,1-2H3,(H,69,72)/b7-5-,13-11-,18-16+,19-17-,22-21-,25-24-,49-47+,57-55+. The summed E-state index contributed by atoms with van der Waals surface area (Å²) in [5.74, 6) is -0.190. The Hall–Kier alpha value is -2.89. The van der Waals surface area contributed by atoms with Gasteiger partial charge < -0.3 is 40.3 Å². The van der Waals surface area contributed by atoms with Gasteiger partial charge in [-0.2, -0.15) is 0 Å². The number of aliphatic hydroxyl groups is 5. The molecule has 0 aliphatic carbocycles. The lowest BCUT2D eigenvalue weighted by Gasteiger charge is -2.40. The lowest BCUT2D eigenvalue weighted by molar-refractivity contribution is -0.302. The number of ether oxygens (including phenoxy) is 2. The average molecular weight is 1080 g/mol. The third-order valence-corrected chi connectivity index (χ3v) is 14.6. The second kappa shape index (κ2) is 56.4. The molecule has 444 valence electrons. The lowest BCUT2D eigenvalue weighted by Crippen LogP contribution is -2.60. The summed E-state index contributed by atoms with van der Waals surface area (Å²) in [4.78, 5) is 13.1. The van der Waals surface area contributed by atoms with Gasteiger partial charge in [-0.15, -0.1) is 0 Å². The van der Waals surface area contributed by atoms with Gasteiger partial charge in [-0.3, -0.25) is 4.79 Å². The van der Waals surface area contributed by atoms with Crippen LogP contribution in [-0.2, 0) is 14.3 Å². The number of allylic oxidation sites excluding steroid dienone is 15. The molecule has 1 aliphatic heterocycles. The maximum absolute atomic E-state index is 13.1. The molecule has 7 atom stereocenters. The third-order valence-electron chi connectivity index (χ3n) is 14.6. The first-order valence-corrected chi connectivity index (χ1v) is 32.0. The smallest absolute Gasteiger partial charge is 0.220 e. The zero-order chi connectivity index (χ0) is 55.8. The van der Waals surface area contributed by atoms with E-state index in [9.17, 15) is 30.3 Å². The van der Waals surface area contributed by atoms with E-state index in [2.05, 4.69) is 104 Å². The highest BCUT2D eigenvalue weighted by Crippen LogP contribution is 2.23. The summed E-state index contributed by atoms with van der Waals surface area (Å²) in [5, 5.41) is 54.5. The maximum atomic E-state index is 13.1. The summed E-state index contributed by atoms with van der Waals surface area (Å²) in [7, 11) is 0. The van der Waals surface area contributed by atoms with Gasteiger partial charge in [0.15, 0.2) is 6.29 Å². The number of nitrogens with one attached hydrogen (secondary N) is 1. The van der Waals surface area contributed by atoms with Crippen LogP contribution in [0, 0.1) is 0 Å². The van der Waals surface area contributed by atoms with E-state index in [1.807, 2.05) is 6.08 Å². The molecule has 0 aromatic rings. The fourth-order valence-corrected chi connectivity index (χ4v) is 9.63. The Morgan fingerprint density at radius 1 is 0.455 bits per heavy atom. The number of rotatable bonds is 54. The fourth-order valence-electron chi connectivity index (χ4n) is 9.63. The van der Waals surface area contributed by atoms with E-state index in [-0.39, 0.29) is 12.5 Å². The van der Waals surface area contributed by atoms with Crippen LogP contribution in [0.1, 0.15) is 271 Å². The molecular weight excluding hydrogens is 959 g/mol. The van der Waals surface area contributed by atoms with Gasteiger partial charge in [0.05, 0.1) is 25.4 Å². The molecule has 0 radical (unpaired) electrons. The quantitative estimate of drug-likeness (QED) is 0.0261. The highest BCUT2D eigenvalue weighted by Gasteiger charge is 2.44. The lowest BCUT2D eigenvalue weighted by atomic mass is 9.99. The predicted octanol–water partition coefficient (Wildman–Crippen LogP) is 16.7. The van der Waals surface area contributed by atoms with Gasteiger partial charge in [0.25, 0.3) is 0 Å². The van der Waals surface area contributed by atoms with Crippen LogP contribution >= 0.6 is 0 Å². The third kappa shape index (κ3) is 45.5. The molecule has 6 N–H and O–H groups in total. The van der Waals surface area contributed by atoms with Crippen molar-refractivity contribution in [1.29, 1.82) is 0 Å². The summed E-state index contributed by atoms with van der Waals surface area (Å²) in [6.07, 6.45) is 75.1. The molecule has 0 aromatic carbocycles. The zero-order valence-electron chi connectivity index (χ0n) is 49.4. The van der Waals surface area contributed by atoms with E-state index < -0.39 is 49.5 Å². The molecular formula is C68H119NO8. The van der Waals surface area contributed by atoms with Crippen molar-refractivity contribution in [3.05, 3.63) is 97.2 Å². The highest BCUT2D eigenvalue weighted by atomic mass is 16.7. The molecule has 1 aliphatic rings. The summed E-state index contributed by atoms with van der Waals surface area (Å²) < 4.78 is 11.3. The van der Waals surface area contributed by atoms with Gasteiger partial charge in [0.2, 0.25) is 5.91 Å². The summed E-state index contributed by atoms with van der Waals surface area (Å²) in [6.45, 7) is 3.63. The monoisotopic (exact) mass is 1080 g/mol. The Morgan fingerprint density at radius 2 is 0.818 bits per heavy atom. The molecule has 0 saturated carbocycles. The van der Waals surface area contributed by atoms with Gasteiger partial charge >= 0.3 is 0 Å². The summed E-state index contributed by atoms with van der Waals surface area (Å²) >= 11 is 0. The number of unbranched alkanes of at least 4 members (excludes halogenated alkanes) is 30. The SMILES string of the molecule is CC/C=C\C/C=C\C/C=C\C/C=C\C/C=C\CCCCCCCCCCCCCCCCCCCCCCCCCC(=O)NC(COC1OC(CO)C(O)C(O)C1O)C(O)/C=C/CC/C=C/CC/C=C/CCCCCCC. The number of amides is 1. The maximum Gasteiger partial charge on any atom is 0.220 e. The van der Waals surface area contributed by atoms with Crippen molar-refractivity contribution < 1.29 is 39.8 Å². The molecule has 1 amide bonds. The Bertz CT molecular complexity index is 1530. The highest BCUT2D eigenvalue weighted by molar-refractivity contribution is 5.76. The van der Waals surface area contributed by atoms with Crippen LogP contribution < -0.4 is 5.32 Å². The van der Waals surface area contributed by atoms with Gasteiger partial charge in [0, 0.05) is 6.42 Å². The Morgan fingerprint density at radius 3 is 1.25 bits per heavy atom. The summed E-state index contributed by atoms with van der Waals surface area (Å²) in [6, 6.07) is -0.830. The number of hydrogen-bond donors (Lipinski definition) is 6. The minimum Gasteiger partial charge on any atom is -0.394 e. The number of carbonyl (C=O) groups is 1. The largest absolute Gasteiger partial charge is 0.394 e. The van der Waals surface area contributed by atoms with Crippen LogP contribution in [0.2, 0.25) is 0 Å². The van der Waals surface area contributed by atoms with Crippen molar-refractivity contribution in [2.24, 2.45) is 0 Å². The van der Waals surface area contributed by atoms with Crippen LogP contribution in [0.5, 0.6) is 0 Å². The number of carbonyl (C=O) groups excluding carboxylic acids is 1. The molecule has 77 heavy (non-hydrogen) atoms. The molecule has 0 bridgehead atoms. The molecule has 0 aromatic heterocycles. The van der Waals surface area contributed by atoms with E-state index in [1.165, 1.54) is 167 Å². The molecule has 1 heterocycles. The van der Waals surface area contributed by atoms with Crippen LogP contribution in [0.4, 0.5) is 0 Å². The molecule has 9 heteroatoms. The minimum absolute atomic E-state index is 0.190. The first-order valence-electron chi connectivity index (χ1n) is 32.0. The zero-order valence-corrected chi connectivity index (χ0v) is 49.4. The van der Waals surface area contributed by atoms with E-state index in [0.717, 1.165) is 83.5 Å². The van der Waals surface area contributed by atoms with E-state index in [0.29, 0.717) is 6.42 Å². The van der Waals surface area contributed by atoms with E-state index in [4.69, 9.17) is 9.47 Å². The molecule has 1 rings (SSSR count). The van der Waals surface area contributed by atoms with Crippen LogP contribution in [0.3, 0.4) is 0 Å². The van der Waals surface area contributed by atoms with Crippen molar-refractivity contribution in [2.45, 2.75) is 314 Å². The van der Waals surface area contributed by atoms with Gasteiger partial charge in [-0.1, -0.05) is 272 Å². The van der Waals surface area contributed by atoms with Crippen molar-refractivity contribution in [3.8, 4) is 0 Å². The van der Waals surface area contributed by atoms with Crippen LogP contribution in [-0.4, -0.2) is 87.5 Å². The predicted molar refractivity (Wildman–Crippen MR) is 327 cm³/mol. The van der Waals surface area contributed by atoms with Crippen LogP contribution in [0.25, 0.3) is 0 Å². The first-order chi connectivity index (χ1) is 37.8. The Kier molecular flexibility index (Phi) is 52.8. The van der Waals surface area contributed by atoms with Crippen molar-refractivity contribution in [3.63, 3.8) is 0 Å². The second-order valence-corrected chi connectivity index (χ2v) is 21.8. The fraction of sp³-hybridized carbons (Fsp3) is 0.750. The number of hydrogen-bond acceptors (Lipinski definition) is 8. The average Bonchev–Trinajstić information content (AvgIpc) is 3.43. The van der Waals surface area contributed by atoms with Gasteiger partial charge in [-0.25, -0.2) is 0 Å². The molecule has 0 spiro atoms. The molecule has 1 fully saturated rings. The van der Waals surface area contributed by atoms with Crippen molar-refractivity contribution in [2.75, 3.05) is 13.2 Å². The van der Waals surface area contributed by atoms with Gasteiger partial charge in [0.1, 0.15) is 24.4 Å². The molecule has 9 nitrogen and oxygen atoms in total. The molecule has 1 saturated heterocycles. The van der Waals surface area contributed by atoms with E-state index >= 15 is 0 Å². The van der Waals surface area contributed by atoms with Crippen LogP contribution in [0.15, 0.2) is 97.2 Å². The molecule has 7 unspecified atom stereocenters. The van der Waals surface area contributed by atoms with Gasteiger partial charge in [-0.05, 0) is 89.9 Å².